The van der Waals surface area contributed by atoms with E-state index in [4.69, 9.17) is 9.47 Å². The molecule has 3 N–H and O–H groups in total. The van der Waals surface area contributed by atoms with Crippen molar-refractivity contribution in [3.8, 4) is 23.0 Å². The zero-order valence-electron chi connectivity index (χ0n) is 32.5. The molecule has 0 radical (unpaired) electrons. The third kappa shape index (κ3) is 10.4. The molecule has 11 heteroatoms. The Bertz CT molecular complexity index is 2820. The molecule has 6 aromatic carbocycles. The number of hydrogen-bond donors (Lipinski definition) is 3. The van der Waals surface area contributed by atoms with Crippen LogP contribution in [0.4, 0.5) is 11.4 Å². The lowest BCUT2D eigenvalue weighted by Gasteiger charge is -2.08. The molecule has 2 heterocycles. The molecule has 0 spiro atoms. The van der Waals surface area contributed by atoms with Gasteiger partial charge in [-0.15, -0.1) is 0 Å². The highest BCUT2D eigenvalue weighted by molar-refractivity contribution is 5.96. The van der Waals surface area contributed by atoms with Crippen molar-refractivity contribution in [3.63, 3.8) is 0 Å². The van der Waals surface area contributed by atoms with Gasteiger partial charge in [0.05, 0.1) is 22.4 Å². The fourth-order valence-corrected chi connectivity index (χ4v) is 6.19. The number of benzene rings is 6. The molecule has 0 saturated heterocycles. The largest absolute Gasteiger partial charge is 0.457 e. The van der Waals surface area contributed by atoms with E-state index in [9.17, 15) is 14.4 Å². The molecule has 2 aromatic heterocycles. The highest BCUT2D eigenvalue weighted by Gasteiger charge is 2.13. The molecule has 2 amide bonds. The Morgan fingerprint density at radius 2 is 1.05 bits per heavy atom. The molecule has 0 aliphatic carbocycles. The van der Waals surface area contributed by atoms with Gasteiger partial charge in [0.2, 0.25) is 17.7 Å². The van der Waals surface area contributed by atoms with Crippen molar-refractivity contribution >= 4 is 75.2 Å². The second-order valence-electron chi connectivity index (χ2n) is 13.4. The summed E-state index contributed by atoms with van der Waals surface area (Å²) >= 11 is 0. The van der Waals surface area contributed by atoms with E-state index in [1.165, 1.54) is 25.5 Å². The van der Waals surface area contributed by atoms with Crippen molar-refractivity contribution in [1.82, 2.24) is 20.0 Å². The number of fused-ring (bicyclic) bond motifs is 2. The van der Waals surface area contributed by atoms with Crippen LogP contribution in [0.3, 0.4) is 0 Å². The van der Waals surface area contributed by atoms with Crippen molar-refractivity contribution < 1.29 is 23.9 Å². The van der Waals surface area contributed by atoms with Crippen LogP contribution in [-0.2, 0) is 9.59 Å². The topological polar surface area (TPSA) is 140 Å². The molecule has 292 valence electrons. The number of aromatic nitrogens is 4. The summed E-state index contributed by atoms with van der Waals surface area (Å²) in [6.45, 7) is 4.40. The number of carbonyl (C=O) groups excluding carboxylic acids is 3. The summed E-state index contributed by atoms with van der Waals surface area (Å²) in [6.07, 6.45) is 7.89. The number of hydrogen-bond acceptors (Lipinski definition) is 7. The minimum atomic E-state index is -0.186. The Labute approximate surface area is 340 Å². The molecular formula is C48H40N6O5. The van der Waals surface area contributed by atoms with Gasteiger partial charge in [-0.05, 0) is 71.8 Å². The van der Waals surface area contributed by atoms with Crippen LogP contribution in [0, 0.1) is 0 Å². The van der Waals surface area contributed by atoms with Crippen molar-refractivity contribution in [3.05, 3.63) is 168 Å². The number of carbonyl (C=O) groups is 3. The average Bonchev–Trinajstić information content (AvgIpc) is 3.81. The lowest BCUT2D eigenvalue weighted by Crippen LogP contribution is -2.07. The molecule has 0 atom stereocenters. The van der Waals surface area contributed by atoms with E-state index >= 15 is 0 Å². The molecule has 0 aliphatic heterocycles. The summed E-state index contributed by atoms with van der Waals surface area (Å²) in [6, 6.07) is 45.7. The van der Waals surface area contributed by atoms with E-state index in [-0.39, 0.29) is 17.7 Å². The van der Waals surface area contributed by atoms with Gasteiger partial charge in [-0.3, -0.25) is 19.5 Å². The van der Waals surface area contributed by atoms with Crippen molar-refractivity contribution in [1.29, 1.82) is 0 Å². The first-order valence-corrected chi connectivity index (χ1v) is 18.8. The minimum absolute atomic E-state index is 0.118. The third-order valence-electron chi connectivity index (χ3n) is 8.79. The zero-order valence-corrected chi connectivity index (χ0v) is 32.5. The summed E-state index contributed by atoms with van der Waals surface area (Å²) < 4.78 is 13.3. The highest BCUT2D eigenvalue weighted by Crippen LogP contribution is 2.31. The summed E-state index contributed by atoms with van der Waals surface area (Å²) in [7, 11) is 0. The molecular weight excluding hydrogens is 741 g/mol. The van der Waals surface area contributed by atoms with Gasteiger partial charge in [0.25, 0.3) is 0 Å². The zero-order chi connectivity index (χ0) is 41.1. The van der Waals surface area contributed by atoms with Crippen molar-refractivity contribution in [2.24, 2.45) is 0 Å². The van der Waals surface area contributed by atoms with Crippen molar-refractivity contribution in [2.45, 2.75) is 20.8 Å². The smallest absolute Gasteiger partial charge is 0.244 e. The second-order valence-corrected chi connectivity index (χ2v) is 13.4. The highest BCUT2D eigenvalue weighted by atomic mass is 16.5. The van der Waals surface area contributed by atoms with Crippen molar-refractivity contribution in [2.75, 3.05) is 10.6 Å². The number of aromatic amines is 1. The summed E-state index contributed by atoms with van der Waals surface area (Å²) in [5.74, 6) is 2.02. The Balaban J connectivity index is 0.000000180. The maximum atomic E-state index is 12.2. The summed E-state index contributed by atoms with van der Waals surface area (Å²) in [4.78, 5) is 34.6. The minimum Gasteiger partial charge on any atom is -0.457 e. The molecule has 0 saturated carbocycles. The molecule has 0 bridgehead atoms. The number of amides is 2. The lowest BCUT2D eigenvalue weighted by molar-refractivity contribution is -0.115. The number of anilines is 2. The van der Waals surface area contributed by atoms with Crippen LogP contribution in [0.2, 0.25) is 0 Å². The van der Waals surface area contributed by atoms with E-state index < -0.39 is 0 Å². The van der Waals surface area contributed by atoms with Crippen LogP contribution in [-0.4, -0.2) is 37.7 Å². The predicted molar refractivity (Wildman–Crippen MR) is 235 cm³/mol. The van der Waals surface area contributed by atoms with Crippen LogP contribution in [0.1, 0.15) is 48.1 Å². The standard InChI is InChI=1S/C25H21N3O3.C23H19N3O2/c1-17(29)26-20-9-6-10-21(15-20)31-22-12-13-23-24(14-11-19-7-4-3-5-8-19)27-28(18(2)30)25(23)16-22;1-16(27)24-18-8-5-9-19(14-18)28-20-11-12-21-22(25-26-23(21)15-20)13-10-17-6-3-2-4-7-17/h3-16H,1-2H3,(H,26,29);2-15H,1H3,(H,24,27)(H,25,26)/b14-11+;13-10+. The molecule has 8 aromatic rings. The van der Waals surface area contributed by atoms with E-state index in [1.807, 2.05) is 133 Å². The SMILES string of the molecule is CC(=O)Nc1cccc(Oc2ccc3c(/C=C/c4ccccc4)n[nH]c3c2)c1.CC(=O)Nc1cccc(Oc2ccc3c(/C=C/c4ccccc4)nn(C(C)=O)c3c2)c1. The Morgan fingerprint density at radius 3 is 1.59 bits per heavy atom. The maximum absolute atomic E-state index is 12.2. The van der Waals surface area contributed by atoms with Gasteiger partial charge in [-0.25, -0.2) is 0 Å². The monoisotopic (exact) mass is 780 g/mol. The summed E-state index contributed by atoms with van der Waals surface area (Å²) in [5, 5.41) is 19.3. The fraction of sp³-hybridized carbons (Fsp3) is 0.0625. The first-order chi connectivity index (χ1) is 28.7. The van der Waals surface area contributed by atoms with E-state index in [0.717, 1.165) is 33.1 Å². The van der Waals surface area contributed by atoms with Crippen LogP contribution >= 0.6 is 0 Å². The number of nitrogens with one attached hydrogen (secondary N) is 3. The van der Waals surface area contributed by atoms with Gasteiger partial charge in [-0.2, -0.15) is 14.9 Å². The second kappa shape index (κ2) is 18.3. The number of nitrogens with zero attached hydrogens (tertiary/aromatic N) is 3. The first-order valence-electron chi connectivity index (χ1n) is 18.8. The Hall–Kier alpha value is -8.05. The van der Waals surface area contributed by atoms with Crippen LogP contribution in [0.25, 0.3) is 46.1 Å². The summed E-state index contributed by atoms with van der Waals surface area (Å²) in [5.41, 5.74) is 6.64. The quantitative estimate of drug-likeness (QED) is 0.125. The molecule has 0 fully saturated rings. The fourth-order valence-electron chi connectivity index (χ4n) is 6.19. The molecule has 8 rings (SSSR count). The van der Waals surface area contributed by atoms with Gasteiger partial charge < -0.3 is 20.1 Å². The van der Waals surface area contributed by atoms with Gasteiger partial charge in [0.15, 0.2) is 0 Å². The predicted octanol–water partition coefficient (Wildman–Crippen LogP) is 11.1. The third-order valence-corrected chi connectivity index (χ3v) is 8.79. The lowest BCUT2D eigenvalue weighted by atomic mass is 10.1. The van der Waals surface area contributed by atoms with E-state index in [0.29, 0.717) is 45.6 Å². The van der Waals surface area contributed by atoms with E-state index in [2.05, 4.69) is 25.9 Å². The van der Waals surface area contributed by atoms with Crippen LogP contribution in [0.5, 0.6) is 23.0 Å². The Kier molecular flexibility index (Phi) is 12.1. The molecule has 0 aliphatic rings. The number of ether oxygens (including phenoxy) is 2. The average molecular weight is 781 g/mol. The number of rotatable bonds is 10. The van der Waals surface area contributed by atoms with Crippen LogP contribution in [0.15, 0.2) is 146 Å². The van der Waals surface area contributed by atoms with Gasteiger partial charge in [0.1, 0.15) is 23.0 Å². The molecule has 0 unspecified atom stereocenters. The normalized spacial score (nSPS) is 11.0. The van der Waals surface area contributed by atoms with Gasteiger partial charge in [0, 0.05) is 67.2 Å². The molecule has 59 heavy (non-hydrogen) atoms. The van der Waals surface area contributed by atoms with Gasteiger partial charge in [-0.1, -0.05) is 84.9 Å². The van der Waals surface area contributed by atoms with Crippen LogP contribution < -0.4 is 20.1 Å². The van der Waals surface area contributed by atoms with Gasteiger partial charge >= 0.3 is 0 Å². The first kappa shape index (κ1) is 39.2. The maximum Gasteiger partial charge on any atom is 0.244 e. The van der Waals surface area contributed by atoms with E-state index in [1.54, 1.807) is 36.4 Å². The molecule has 11 nitrogen and oxygen atoms in total. The Morgan fingerprint density at radius 1 is 0.542 bits per heavy atom. The number of H-pyrrole nitrogens is 1.